The average molecular weight is 129 g/mol. The predicted octanol–water partition coefficient (Wildman–Crippen LogP) is 1.24. The number of hydrogen-bond donors (Lipinski definition) is 1. The van der Waals surface area contributed by atoms with Gasteiger partial charge in [-0.2, -0.15) is 0 Å². The summed E-state index contributed by atoms with van der Waals surface area (Å²) in [6.45, 7) is 0. The van der Waals surface area contributed by atoms with Crippen LogP contribution in [-0.4, -0.2) is 10.1 Å². The molecule has 0 spiro atoms. The van der Waals surface area contributed by atoms with Crippen LogP contribution < -0.4 is 0 Å². The van der Waals surface area contributed by atoms with Gasteiger partial charge in [0.15, 0.2) is 0 Å². The summed E-state index contributed by atoms with van der Waals surface area (Å²) in [5, 5.41) is 8.90. The van der Waals surface area contributed by atoms with Gasteiger partial charge in [-0.05, 0) is 12.1 Å². The Bertz CT molecular complexity index is 169. The first-order chi connectivity index (χ1) is 3.80. The lowest BCUT2D eigenvalue weighted by Gasteiger charge is -1.88. The Morgan fingerprint density at radius 3 is 2.88 bits per heavy atom. The van der Waals surface area contributed by atoms with E-state index in [9.17, 15) is 0 Å². The van der Waals surface area contributed by atoms with E-state index < -0.39 is 0 Å². The fourth-order valence-electron chi connectivity index (χ4n) is 0.337. The van der Waals surface area contributed by atoms with Crippen LogP contribution in [0.1, 0.15) is 0 Å². The zero-order chi connectivity index (χ0) is 5.98. The minimum Gasteiger partial charge on any atom is -0.492 e. The molecule has 1 radical (unpaired) electrons. The molecule has 1 aromatic rings. The first-order valence-corrected chi connectivity index (χ1v) is 2.40. The van der Waals surface area contributed by atoms with Crippen molar-refractivity contribution >= 4 is 11.6 Å². The summed E-state index contributed by atoms with van der Waals surface area (Å²) >= 11 is 5.38. The predicted molar refractivity (Wildman–Crippen MR) is 29.7 cm³/mol. The highest BCUT2D eigenvalue weighted by atomic mass is 35.5. The zero-order valence-electron chi connectivity index (χ0n) is 3.93. The highest BCUT2D eigenvalue weighted by molar-refractivity contribution is 6.31. The topological polar surface area (TPSA) is 33.1 Å². The normalized spacial score (nSPS) is 9.12. The minimum atomic E-state index is -0.172. The third kappa shape index (κ3) is 0.898. The van der Waals surface area contributed by atoms with Crippen molar-refractivity contribution in [3.8, 4) is 5.88 Å². The average Bonchev–Trinajstić information content (AvgIpc) is 1.77. The van der Waals surface area contributed by atoms with Crippen LogP contribution in [0, 0.1) is 6.20 Å². The standard InChI is InChI=1S/C5H3ClNO/c6-4-2-1-3-7-5(4)8/h1-2H,(H,7,8). The Hall–Kier alpha value is -0.760. The summed E-state index contributed by atoms with van der Waals surface area (Å²) < 4.78 is 0. The van der Waals surface area contributed by atoms with Gasteiger partial charge in [-0.15, -0.1) is 0 Å². The van der Waals surface area contributed by atoms with Crippen LogP contribution in [0.4, 0.5) is 0 Å². The summed E-state index contributed by atoms with van der Waals surface area (Å²) in [6.07, 6.45) is 2.42. The van der Waals surface area contributed by atoms with E-state index in [4.69, 9.17) is 16.7 Å². The molecular weight excluding hydrogens is 126 g/mol. The second-order valence-corrected chi connectivity index (χ2v) is 1.65. The van der Waals surface area contributed by atoms with Gasteiger partial charge >= 0.3 is 0 Å². The Labute approximate surface area is 51.7 Å². The Balaban J connectivity index is 3.13. The fourth-order valence-corrected chi connectivity index (χ4v) is 0.442. The van der Waals surface area contributed by atoms with Gasteiger partial charge in [0.25, 0.3) is 0 Å². The molecule has 0 fully saturated rings. The second kappa shape index (κ2) is 2.01. The van der Waals surface area contributed by atoms with E-state index in [1.807, 2.05) is 0 Å². The quantitative estimate of drug-likeness (QED) is 0.570. The Kier molecular flexibility index (Phi) is 1.35. The summed E-state index contributed by atoms with van der Waals surface area (Å²) in [4.78, 5) is 3.38. The molecule has 8 heavy (non-hydrogen) atoms. The van der Waals surface area contributed by atoms with Crippen LogP contribution in [-0.2, 0) is 0 Å². The largest absolute Gasteiger partial charge is 0.492 e. The number of halogens is 1. The molecule has 0 saturated carbocycles. The van der Waals surface area contributed by atoms with Crippen LogP contribution in [0.5, 0.6) is 5.88 Å². The van der Waals surface area contributed by atoms with Crippen molar-refractivity contribution in [3.63, 3.8) is 0 Å². The van der Waals surface area contributed by atoms with E-state index in [0.717, 1.165) is 0 Å². The zero-order valence-corrected chi connectivity index (χ0v) is 4.68. The smallest absolute Gasteiger partial charge is 0.230 e. The maximum atomic E-state index is 8.64. The molecule has 0 amide bonds. The van der Waals surface area contributed by atoms with Crippen molar-refractivity contribution in [3.05, 3.63) is 23.4 Å². The van der Waals surface area contributed by atoms with Gasteiger partial charge in [0.05, 0.1) is 6.20 Å². The number of nitrogens with zero attached hydrogens (tertiary/aromatic N) is 1. The maximum Gasteiger partial charge on any atom is 0.230 e. The summed E-state index contributed by atoms with van der Waals surface area (Å²) in [6, 6.07) is 3.05. The van der Waals surface area contributed by atoms with Gasteiger partial charge in [0.2, 0.25) is 5.88 Å². The molecule has 0 aliphatic rings. The Morgan fingerprint density at radius 1 is 1.75 bits per heavy atom. The van der Waals surface area contributed by atoms with Crippen LogP contribution in [0.2, 0.25) is 5.02 Å². The minimum absolute atomic E-state index is 0.172. The molecule has 1 N–H and O–H groups in total. The number of rotatable bonds is 0. The van der Waals surface area contributed by atoms with Gasteiger partial charge in [0.1, 0.15) is 5.02 Å². The van der Waals surface area contributed by atoms with Crippen molar-refractivity contribution in [1.82, 2.24) is 4.98 Å². The number of aromatic nitrogens is 1. The molecule has 0 saturated heterocycles. The molecule has 0 unspecified atom stereocenters. The van der Waals surface area contributed by atoms with Gasteiger partial charge < -0.3 is 5.11 Å². The molecule has 1 heterocycles. The molecule has 0 bridgehead atoms. The van der Waals surface area contributed by atoms with E-state index in [1.165, 1.54) is 12.1 Å². The number of hydrogen-bond acceptors (Lipinski definition) is 2. The number of pyridine rings is 1. The number of aromatic hydroxyl groups is 1. The summed E-state index contributed by atoms with van der Waals surface area (Å²) in [7, 11) is 0. The van der Waals surface area contributed by atoms with Crippen LogP contribution >= 0.6 is 11.6 Å². The monoisotopic (exact) mass is 128 g/mol. The van der Waals surface area contributed by atoms with E-state index in [1.54, 1.807) is 0 Å². The molecule has 41 valence electrons. The van der Waals surface area contributed by atoms with E-state index in [-0.39, 0.29) is 10.9 Å². The molecule has 1 rings (SSSR count). The fraction of sp³-hybridized carbons (Fsp3) is 0. The molecule has 2 nitrogen and oxygen atoms in total. The second-order valence-electron chi connectivity index (χ2n) is 1.25. The lowest BCUT2D eigenvalue weighted by Crippen LogP contribution is -1.71. The van der Waals surface area contributed by atoms with Crippen molar-refractivity contribution in [1.29, 1.82) is 0 Å². The van der Waals surface area contributed by atoms with Gasteiger partial charge in [0, 0.05) is 0 Å². The highest BCUT2D eigenvalue weighted by Gasteiger charge is 1.92. The van der Waals surface area contributed by atoms with Gasteiger partial charge in [-0.1, -0.05) is 11.6 Å². The first kappa shape index (κ1) is 5.38. The van der Waals surface area contributed by atoms with E-state index in [0.29, 0.717) is 0 Å². The molecule has 1 aromatic heterocycles. The summed E-state index contributed by atoms with van der Waals surface area (Å²) in [5.74, 6) is -0.172. The first-order valence-electron chi connectivity index (χ1n) is 2.02. The van der Waals surface area contributed by atoms with Gasteiger partial charge in [-0.3, -0.25) is 0 Å². The van der Waals surface area contributed by atoms with E-state index in [2.05, 4.69) is 11.2 Å². The van der Waals surface area contributed by atoms with Crippen LogP contribution in [0.25, 0.3) is 0 Å². The van der Waals surface area contributed by atoms with Crippen molar-refractivity contribution in [2.75, 3.05) is 0 Å². The van der Waals surface area contributed by atoms with Crippen LogP contribution in [0.3, 0.4) is 0 Å². The van der Waals surface area contributed by atoms with E-state index >= 15 is 0 Å². The Morgan fingerprint density at radius 2 is 2.50 bits per heavy atom. The maximum absolute atomic E-state index is 8.64. The molecule has 3 heteroatoms. The highest BCUT2D eigenvalue weighted by Crippen LogP contribution is 2.16. The molecule has 0 aromatic carbocycles. The SMILES string of the molecule is Oc1n[c]ccc1Cl. The third-order valence-electron chi connectivity index (χ3n) is 0.688. The lowest BCUT2D eigenvalue weighted by molar-refractivity contribution is 0.453. The van der Waals surface area contributed by atoms with Crippen molar-refractivity contribution in [2.24, 2.45) is 0 Å². The third-order valence-corrected chi connectivity index (χ3v) is 0.983. The van der Waals surface area contributed by atoms with Crippen molar-refractivity contribution < 1.29 is 5.11 Å². The molecule has 0 aliphatic heterocycles. The summed E-state index contributed by atoms with van der Waals surface area (Å²) in [5.41, 5.74) is 0. The molecule has 0 aliphatic carbocycles. The van der Waals surface area contributed by atoms with Crippen LogP contribution in [0.15, 0.2) is 12.1 Å². The molecular formula is C5H3ClNO. The van der Waals surface area contributed by atoms with Crippen molar-refractivity contribution in [2.45, 2.75) is 0 Å². The lowest BCUT2D eigenvalue weighted by atomic mass is 10.5. The molecule has 0 atom stereocenters. The van der Waals surface area contributed by atoms with Gasteiger partial charge in [-0.25, -0.2) is 4.98 Å².